The number of hydrogen-bond donors (Lipinski definition) is 4. The Kier molecular flexibility index (Phi) is 18.2. The Bertz CT molecular complexity index is 1520. The fourth-order valence-corrected chi connectivity index (χ4v) is 7.49. The van der Waals surface area contributed by atoms with Crippen molar-refractivity contribution in [3.05, 3.63) is 51.5 Å². The van der Waals surface area contributed by atoms with E-state index in [4.69, 9.17) is 11.3 Å². The Morgan fingerprint density at radius 1 is 0.962 bits per heavy atom. The summed E-state index contributed by atoms with van der Waals surface area (Å²) in [7, 11) is 0. The molecule has 0 aliphatic carbocycles. The first kappa shape index (κ1) is 43.4. The van der Waals surface area contributed by atoms with E-state index in [-0.39, 0.29) is 49.1 Å². The lowest BCUT2D eigenvalue weighted by atomic mass is 9.85. The lowest BCUT2D eigenvalue weighted by Gasteiger charge is -2.35. The van der Waals surface area contributed by atoms with Crippen molar-refractivity contribution in [3.63, 3.8) is 0 Å². The summed E-state index contributed by atoms with van der Waals surface area (Å²) in [6.45, 7) is 10.8. The van der Waals surface area contributed by atoms with Crippen LogP contribution in [0.4, 0.5) is 0 Å². The molecule has 0 spiro atoms. The number of benzene rings is 1. The number of likely N-dealkylation sites (tertiary alicyclic amines) is 1. The molecule has 0 radical (unpaired) electrons. The highest BCUT2D eigenvalue weighted by atomic mass is 32.1. The van der Waals surface area contributed by atoms with Crippen LogP contribution in [0.2, 0.25) is 0 Å². The summed E-state index contributed by atoms with van der Waals surface area (Å²) in [6.07, 6.45) is 10.4. The highest BCUT2D eigenvalue weighted by Gasteiger charge is 2.45. The molecule has 53 heavy (non-hydrogen) atoms. The summed E-state index contributed by atoms with van der Waals surface area (Å²) >= 11 is 1.58. The van der Waals surface area contributed by atoms with Crippen molar-refractivity contribution in [2.75, 3.05) is 19.6 Å². The SMILES string of the molecule is Cc1ncsc1-c1ccc([C@H](C)NC(=O)[C@@H]2C[C@@H](NC(=O)CCCCN=[N+]=[N-])CN2C(=O)[C@@H](NC(=O)CCCCCCCCCCN)C(C)(C)C)cc1. The molecular formula is C39H61N9O4S. The predicted molar refractivity (Wildman–Crippen MR) is 211 cm³/mol. The summed E-state index contributed by atoms with van der Waals surface area (Å²) in [5, 5.41) is 12.6. The first-order chi connectivity index (χ1) is 25.3. The van der Waals surface area contributed by atoms with Gasteiger partial charge >= 0.3 is 0 Å². The zero-order valence-electron chi connectivity index (χ0n) is 32.4. The van der Waals surface area contributed by atoms with Crippen LogP contribution in [0.5, 0.6) is 0 Å². The molecule has 0 saturated carbocycles. The number of thiazole rings is 1. The van der Waals surface area contributed by atoms with Gasteiger partial charge in [-0.05, 0) is 74.6 Å². The van der Waals surface area contributed by atoms with Crippen molar-refractivity contribution in [2.24, 2.45) is 16.3 Å². The molecule has 2 aromatic rings. The summed E-state index contributed by atoms with van der Waals surface area (Å²) in [5.74, 6) is -1.03. The van der Waals surface area contributed by atoms with Gasteiger partial charge in [-0.3, -0.25) is 19.2 Å². The average molecular weight is 752 g/mol. The van der Waals surface area contributed by atoms with Crippen LogP contribution in [0.15, 0.2) is 34.9 Å². The quantitative estimate of drug-likeness (QED) is 0.0439. The van der Waals surface area contributed by atoms with Crippen LogP contribution in [0, 0.1) is 12.3 Å². The van der Waals surface area contributed by atoms with Crippen LogP contribution < -0.4 is 21.7 Å². The van der Waals surface area contributed by atoms with Crippen LogP contribution in [-0.4, -0.2) is 71.3 Å². The number of carbonyl (C=O) groups is 4. The summed E-state index contributed by atoms with van der Waals surface area (Å²) in [5.41, 5.74) is 18.2. The number of amides is 4. The fraction of sp³-hybridized carbons (Fsp3) is 0.667. The largest absolute Gasteiger partial charge is 0.351 e. The van der Waals surface area contributed by atoms with Crippen LogP contribution in [0.1, 0.15) is 128 Å². The molecule has 292 valence electrons. The molecule has 14 heteroatoms. The normalized spacial score (nSPS) is 16.8. The van der Waals surface area contributed by atoms with Crippen LogP contribution in [0.25, 0.3) is 20.9 Å². The number of carbonyl (C=O) groups excluding carboxylic acids is 4. The van der Waals surface area contributed by atoms with Crippen molar-refractivity contribution < 1.29 is 19.2 Å². The predicted octanol–water partition coefficient (Wildman–Crippen LogP) is 6.86. The first-order valence-corrected chi connectivity index (χ1v) is 20.1. The highest BCUT2D eigenvalue weighted by Crippen LogP contribution is 2.30. The smallest absolute Gasteiger partial charge is 0.246 e. The van der Waals surface area contributed by atoms with Gasteiger partial charge in [-0.25, -0.2) is 4.98 Å². The highest BCUT2D eigenvalue weighted by molar-refractivity contribution is 7.13. The molecule has 3 rings (SSSR count). The number of nitrogens with one attached hydrogen (secondary N) is 3. The minimum Gasteiger partial charge on any atom is -0.351 e. The third-order valence-corrected chi connectivity index (χ3v) is 10.8. The second kappa shape index (κ2) is 22.3. The van der Waals surface area contributed by atoms with Gasteiger partial charge in [-0.2, -0.15) is 0 Å². The van der Waals surface area contributed by atoms with Crippen molar-refractivity contribution in [2.45, 2.75) is 142 Å². The number of aryl methyl sites for hydroxylation is 1. The average Bonchev–Trinajstić information content (AvgIpc) is 3.75. The fourth-order valence-electron chi connectivity index (χ4n) is 6.68. The van der Waals surface area contributed by atoms with Crippen molar-refractivity contribution in [1.82, 2.24) is 25.8 Å². The van der Waals surface area contributed by atoms with Gasteiger partial charge in [0.1, 0.15) is 12.1 Å². The molecule has 1 aliphatic heterocycles. The number of nitrogens with zero attached hydrogens (tertiary/aromatic N) is 5. The Labute approximate surface area is 319 Å². The van der Waals surface area contributed by atoms with Gasteiger partial charge in [0.05, 0.1) is 22.1 Å². The molecule has 0 bridgehead atoms. The monoisotopic (exact) mass is 751 g/mol. The van der Waals surface area contributed by atoms with Crippen LogP contribution >= 0.6 is 11.3 Å². The van der Waals surface area contributed by atoms with Gasteiger partial charge < -0.3 is 26.6 Å². The molecule has 2 heterocycles. The molecule has 5 N–H and O–H groups in total. The lowest BCUT2D eigenvalue weighted by Crippen LogP contribution is -2.58. The molecule has 1 aliphatic rings. The minimum atomic E-state index is -0.858. The zero-order chi connectivity index (χ0) is 38.8. The van der Waals surface area contributed by atoms with Gasteiger partial charge in [0, 0.05) is 36.9 Å². The van der Waals surface area contributed by atoms with E-state index in [1.54, 1.807) is 11.3 Å². The van der Waals surface area contributed by atoms with Gasteiger partial charge in [-0.15, -0.1) is 11.3 Å². The number of aromatic nitrogens is 1. The maximum Gasteiger partial charge on any atom is 0.246 e. The van der Waals surface area contributed by atoms with E-state index in [2.05, 4.69) is 31.0 Å². The second-order valence-electron chi connectivity index (χ2n) is 15.3. The summed E-state index contributed by atoms with van der Waals surface area (Å²) in [6, 6.07) is 5.52. The molecule has 4 amide bonds. The zero-order valence-corrected chi connectivity index (χ0v) is 33.2. The van der Waals surface area contributed by atoms with E-state index >= 15 is 0 Å². The Morgan fingerprint density at radius 3 is 2.19 bits per heavy atom. The third kappa shape index (κ3) is 14.4. The minimum absolute atomic E-state index is 0.145. The molecule has 13 nitrogen and oxygen atoms in total. The number of rotatable bonds is 22. The lowest BCUT2D eigenvalue weighted by molar-refractivity contribution is -0.144. The van der Waals surface area contributed by atoms with E-state index in [9.17, 15) is 19.2 Å². The Morgan fingerprint density at radius 2 is 1.58 bits per heavy atom. The molecule has 4 atom stereocenters. The summed E-state index contributed by atoms with van der Waals surface area (Å²) in [4.78, 5) is 64.1. The molecule has 1 fully saturated rings. The van der Waals surface area contributed by atoms with E-state index in [0.717, 1.165) is 66.8 Å². The number of azide groups is 1. The third-order valence-electron chi connectivity index (χ3n) is 9.78. The maximum atomic E-state index is 14.4. The topological polar surface area (TPSA) is 195 Å². The molecule has 1 aromatic heterocycles. The molecule has 1 aromatic carbocycles. The van der Waals surface area contributed by atoms with E-state index < -0.39 is 23.5 Å². The van der Waals surface area contributed by atoms with E-state index in [1.807, 2.05) is 64.4 Å². The van der Waals surface area contributed by atoms with Crippen molar-refractivity contribution in [3.8, 4) is 10.4 Å². The molecule has 0 unspecified atom stereocenters. The van der Waals surface area contributed by atoms with Gasteiger partial charge in [0.2, 0.25) is 23.6 Å². The molecular weight excluding hydrogens is 691 g/mol. The van der Waals surface area contributed by atoms with Crippen LogP contribution in [-0.2, 0) is 19.2 Å². The summed E-state index contributed by atoms with van der Waals surface area (Å²) < 4.78 is 0. The standard InChI is InChI=1S/C39H61N9O4S/c1-27(29-18-20-30(21-19-29)35-28(2)42-26-53-35)44-37(51)32-24-31(45-33(49)17-13-15-23-43-47-41)25-48(32)38(52)36(39(3,4)5)46-34(50)16-12-10-8-6-7-9-11-14-22-40/h18-21,26-27,31-32,36H,6-17,22-25,40H2,1-5H3,(H,44,51)(H,45,49)(H,46,50)/t27-,31+,32-,36+/m0/s1. The molecule has 1 saturated heterocycles. The van der Waals surface area contributed by atoms with Gasteiger partial charge in [0.25, 0.3) is 0 Å². The van der Waals surface area contributed by atoms with Crippen molar-refractivity contribution in [1.29, 1.82) is 0 Å². The Balaban J connectivity index is 1.69. The van der Waals surface area contributed by atoms with Gasteiger partial charge in [-0.1, -0.05) is 88.7 Å². The number of unbranched alkanes of at least 4 members (excludes halogenated alkanes) is 8. The van der Waals surface area contributed by atoms with Gasteiger partial charge in [0.15, 0.2) is 0 Å². The number of hydrogen-bond acceptors (Lipinski definition) is 8. The number of nitrogens with two attached hydrogens (primary N) is 1. The Hall–Kier alpha value is -4.00. The second-order valence-corrected chi connectivity index (χ2v) is 16.1. The first-order valence-electron chi connectivity index (χ1n) is 19.3. The maximum absolute atomic E-state index is 14.4. The van der Waals surface area contributed by atoms with Crippen LogP contribution in [0.3, 0.4) is 0 Å². The van der Waals surface area contributed by atoms with Crippen molar-refractivity contribution >= 4 is 35.0 Å². The van der Waals surface area contributed by atoms with E-state index in [0.29, 0.717) is 25.8 Å². The van der Waals surface area contributed by atoms with E-state index in [1.165, 1.54) is 17.7 Å².